The van der Waals surface area contributed by atoms with Gasteiger partial charge in [0.1, 0.15) is 5.03 Å². The van der Waals surface area contributed by atoms with Crippen molar-refractivity contribution in [3.63, 3.8) is 0 Å². The molecule has 0 spiro atoms. The van der Waals surface area contributed by atoms with Crippen molar-refractivity contribution >= 4 is 23.2 Å². The Kier molecular flexibility index (Phi) is 5.00. The molecule has 0 unspecified atom stereocenters. The van der Waals surface area contributed by atoms with Crippen LogP contribution in [-0.2, 0) is 0 Å². The molecule has 3 N–H and O–H groups in total. The summed E-state index contributed by atoms with van der Waals surface area (Å²) in [5.74, 6) is 7.07. The summed E-state index contributed by atoms with van der Waals surface area (Å²) in [6, 6.07) is 0. The van der Waals surface area contributed by atoms with Crippen molar-refractivity contribution < 1.29 is 0 Å². The van der Waals surface area contributed by atoms with Gasteiger partial charge in [-0.15, -0.1) is 11.8 Å². The molecule has 19 heavy (non-hydrogen) atoms. The van der Waals surface area contributed by atoms with E-state index in [1.54, 1.807) is 18.0 Å². The largest absolute Gasteiger partial charge is 0.307 e. The lowest BCUT2D eigenvalue weighted by Crippen LogP contribution is -2.25. The smallest absolute Gasteiger partial charge is 0.169 e. The minimum Gasteiger partial charge on any atom is -0.307 e. The predicted octanol–water partition coefficient (Wildman–Crippen LogP) is 1.45. The zero-order chi connectivity index (χ0) is 13.7. The maximum Gasteiger partial charge on any atom is 0.169 e. The van der Waals surface area contributed by atoms with Crippen LogP contribution in [0.5, 0.6) is 0 Å². The molecule has 0 saturated carbocycles. The number of nitrogens with zero attached hydrogens (tertiary/aromatic N) is 4. The molecular formula is C12H20N6S. The number of fused-ring (bicyclic) bond motifs is 1. The van der Waals surface area contributed by atoms with Gasteiger partial charge in [0.2, 0.25) is 0 Å². The Balaban J connectivity index is 2.08. The Labute approximate surface area is 117 Å². The molecular weight excluding hydrogens is 260 g/mol. The number of nitrogen functional groups attached to an aromatic ring is 1. The van der Waals surface area contributed by atoms with Gasteiger partial charge in [0.25, 0.3) is 0 Å². The van der Waals surface area contributed by atoms with Gasteiger partial charge in [-0.05, 0) is 13.1 Å². The zero-order valence-electron chi connectivity index (χ0n) is 11.3. The van der Waals surface area contributed by atoms with E-state index in [0.717, 1.165) is 36.1 Å². The Hall–Kier alpha value is -1.31. The first kappa shape index (κ1) is 14.1. The molecule has 0 fully saturated rings. The van der Waals surface area contributed by atoms with Crippen LogP contribution < -0.4 is 11.3 Å². The Morgan fingerprint density at radius 2 is 2.21 bits per heavy atom. The van der Waals surface area contributed by atoms with Gasteiger partial charge in [-0.3, -0.25) is 0 Å². The summed E-state index contributed by atoms with van der Waals surface area (Å²) in [6.07, 6.45) is 5.49. The second kappa shape index (κ2) is 6.74. The molecule has 0 saturated heterocycles. The van der Waals surface area contributed by atoms with Gasteiger partial charge < -0.3 is 14.7 Å². The van der Waals surface area contributed by atoms with E-state index >= 15 is 0 Å². The molecule has 0 aliphatic heterocycles. The average molecular weight is 280 g/mol. The normalized spacial score (nSPS) is 11.4. The Morgan fingerprint density at radius 1 is 1.42 bits per heavy atom. The Bertz CT molecular complexity index is 522. The van der Waals surface area contributed by atoms with Gasteiger partial charge >= 0.3 is 0 Å². The summed E-state index contributed by atoms with van der Waals surface area (Å²) >= 11 is 1.71. The third kappa shape index (κ3) is 3.37. The molecule has 0 aliphatic rings. The topological polar surface area (TPSA) is 71.5 Å². The quantitative estimate of drug-likeness (QED) is 0.454. The summed E-state index contributed by atoms with van der Waals surface area (Å²) in [4.78, 5) is 11.2. The summed E-state index contributed by atoms with van der Waals surface area (Å²) in [7, 11) is 0. The molecule has 2 aromatic heterocycles. The highest BCUT2D eigenvalue weighted by Crippen LogP contribution is 2.22. The van der Waals surface area contributed by atoms with Crippen LogP contribution in [-0.4, -0.2) is 44.7 Å². The highest BCUT2D eigenvalue weighted by Gasteiger charge is 2.08. The molecule has 0 atom stereocenters. The van der Waals surface area contributed by atoms with E-state index in [2.05, 4.69) is 34.1 Å². The van der Waals surface area contributed by atoms with Crippen LogP contribution >= 0.6 is 11.8 Å². The van der Waals surface area contributed by atoms with Gasteiger partial charge in [0.15, 0.2) is 11.5 Å². The van der Waals surface area contributed by atoms with Crippen LogP contribution in [0.4, 0.5) is 5.82 Å². The molecule has 0 bridgehead atoms. The van der Waals surface area contributed by atoms with Crippen molar-refractivity contribution in [3.05, 3.63) is 18.6 Å². The Morgan fingerprint density at radius 3 is 2.89 bits per heavy atom. The first-order valence-electron chi connectivity index (χ1n) is 6.44. The lowest BCUT2D eigenvalue weighted by Gasteiger charge is -2.17. The minimum absolute atomic E-state index is 0.649. The fourth-order valence-electron chi connectivity index (χ4n) is 1.88. The number of nitrogens with two attached hydrogens (primary N) is 1. The highest BCUT2D eigenvalue weighted by atomic mass is 32.2. The van der Waals surface area contributed by atoms with Crippen LogP contribution in [0.15, 0.2) is 23.6 Å². The second-order valence-electron chi connectivity index (χ2n) is 4.11. The molecule has 104 valence electrons. The van der Waals surface area contributed by atoms with Crippen molar-refractivity contribution in [2.45, 2.75) is 18.9 Å². The van der Waals surface area contributed by atoms with Crippen molar-refractivity contribution in [2.24, 2.45) is 5.84 Å². The number of nitrogens with one attached hydrogen (secondary N) is 1. The summed E-state index contributed by atoms with van der Waals surface area (Å²) in [5, 5.41) is 0.910. The van der Waals surface area contributed by atoms with E-state index in [1.165, 1.54) is 0 Å². The number of thioether (sulfide) groups is 1. The first-order chi connectivity index (χ1) is 9.28. The fraction of sp³-hybridized carbons (Fsp3) is 0.500. The van der Waals surface area contributed by atoms with Crippen LogP contribution in [0.3, 0.4) is 0 Å². The molecule has 0 radical (unpaired) electrons. The molecule has 7 heteroatoms. The minimum atomic E-state index is 0.649. The number of imidazole rings is 1. The molecule has 6 nitrogen and oxygen atoms in total. The van der Waals surface area contributed by atoms with E-state index in [4.69, 9.17) is 5.84 Å². The fourth-order valence-corrected chi connectivity index (χ4v) is 2.87. The second-order valence-corrected chi connectivity index (χ2v) is 5.19. The van der Waals surface area contributed by atoms with Crippen molar-refractivity contribution in [3.8, 4) is 0 Å². The molecule has 0 amide bonds. The van der Waals surface area contributed by atoms with Crippen LogP contribution in [0.2, 0.25) is 0 Å². The molecule has 2 heterocycles. The third-order valence-electron chi connectivity index (χ3n) is 3.03. The average Bonchev–Trinajstić information content (AvgIpc) is 2.91. The third-order valence-corrected chi connectivity index (χ3v) is 3.97. The summed E-state index contributed by atoms with van der Waals surface area (Å²) in [5.41, 5.74) is 3.47. The summed E-state index contributed by atoms with van der Waals surface area (Å²) in [6.45, 7) is 7.56. The van der Waals surface area contributed by atoms with E-state index in [0.29, 0.717) is 5.82 Å². The van der Waals surface area contributed by atoms with Gasteiger partial charge in [-0.25, -0.2) is 15.8 Å². The van der Waals surface area contributed by atoms with E-state index < -0.39 is 0 Å². The lowest BCUT2D eigenvalue weighted by molar-refractivity contribution is 0.324. The van der Waals surface area contributed by atoms with Gasteiger partial charge in [0, 0.05) is 24.7 Å². The van der Waals surface area contributed by atoms with Crippen LogP contribution in [0, 0.1) is 0 Å². The maximum absolute atomic E-state index is 5.43. The van der Waals surface area contributed by atoms with Crippen molar-refractivity contribution in [2.75, 3.05) is 30.8 Å². The molecule has 2 aromatic rings. The lowest BCUT2D eigenvalue weighted by atomic mass is 10.5. The van der Waals surface area contributed by atoms with Crippen LogP contribution in [0.25, 0.3) is 5.65 Å². The number of rotatable bonds is 7. The highest BCUT2D eigenvalue weighted by molar-refractivity contribution is 7.99. The van der Waals surface area contributed by atoms with Gasteiger partial charge in [-0.2, -0.15) is 0 Å². The van der Waals surface area contributed by atoms with Crippen molar-refractivity contribution in [1.82, 2.24) is 19.3 Å². The number of hydrogen-bond donors (Lipinski definition) is 2. The number of hydrazine groups is 1. The van der Waals surface area contributed by atoms with Gasteiger partial charge in [0.05, 0.1) is 6.20 Å². The summed E-state index contributed by atoms with van der Waals surface area (Å²) < 4.78 is 1.93. The molecule has 0 aromatic carbocycles. The van der Waals surface area contributed by atoms with E-state index in [9.17, 15) is 0 Å². The monoisotopic (exact) mass is 280 g/mol. The predicted molar refractivity (Wildman–Crippen MR) is 79.3 cm³/mol. The molecule has 2 rings (SSSR count). The first-order valence-corrected chi connectivity index (χ1v) is 7.42. The van der Waals surface area contributed by atoms with Gasteiger partial charge in [-0.1, -0.05) is 13.8 Å². The van der Waals surface area contributed by atoms with Crippen molar-refractivity contribution in [1.29, 1.82) is 0 Å². The number of hydrogen-bond acceptors (Lipinski definition) is 6. The SMILES string of the molecule is CCN(CC)CCSc1nc(NN)cn2ccnc12. The van der Waals surface area contributed by atoms with E-state index in [1.807, 2.05) is 16.8 Å². The standard InChI is InChI=1S/C12H20N6S/c1-3-17(4-2)7-8-19-12-11-14-5-6-18(11)9-10(15-12)16-13/h5-6,9,16H,3-4,7-8,13H2,1-2H3. The van der Waals surface area contributed by atoms with Crippen LogP contribution in [0.1, 0.15) is 13.8 Å². The van der Waals surface area contributed by atoms with E-state index in [-0.39, 0.29) is 0 Å². The molecule has 0 aliphatic carbocycles. The zero-order valence-corrected chi connectivity index (χ0v) is 12.2. The number of aromatic nitrogens is 3. The maximum atomic E-state index is 5.43. The number of anilines is 1.